The molecule has 2 heteroatoms. The Bertz CT molecular complexity index is 154. The van der Waals surface area contributed by atoms with E-state index in [1.807, 2.05) is 5.41 Å². The Labute approximate surface area is 80.2 Å². The fraction of sp³-hybridized carbons (Fsp3) is 0.600. The lowest BCUT2D eigenvalue weighted by atomic mass is 10.5. The van der Waals surface area contributed by atoms with E-state index in [4.69, 9.17) is 6.42 Å². The predicted octanol–water partition coefficient (Wildman–Crippen LogP) is 2.21. The molecular weight excluding hydrogens is 166 g/mol. The molecule has 0 fully saturated rings. The van der Waals surface area contributed by atoms with Gasteiger partial charge in [-0.1, -0.05) is 19.8 Å². The molecule has 0 unspecified atom stereocenters. The molecule has 0 saturated carbocycles. The van der Waals surface area contributed by atoms with Crippen LogP contribution in [0.4, 0.5) is 0 Å². The van der Waals surface area contributed by atoms with Crippen LogP contribution in [0.15, 0.2) is 11.5 Å². The zero-order valence-corrected chi connectivity index (χ0v) is 8.73. The molecule has 0 saturated heterocycles. The first-order valence-corrected chi connectivity index (χ1v) is 5.35. The SMILES string of the molecule is C#C/C=C\SCCN(CC)CC. The Morgan fingerprint density at radius 3 is 2.58 bits per heavy atom. The van der Waals surface area contributed by atoms with Crippen molar-refractivity contribution < 1.29 is 0 Å². The van der Waals surface area contributed by atoms with Crippen LogP contribution in [-0.4, -0.2) is 30.3 Å². The molecular formula is C10H17NS. The van der Waals surface area contributed by atoms with Crippen molar-refractivity contribution in [3.05, 3.63) is 11.5 Å². The van der Waals surface area contributed by atoms with Gasteiger partial charge in [-0.2, -0.15) is 0 Å². The molecule has 0 spiro atoms. The normalized spacial score (nSPS) is 10.8. The van der Waals surface area contributed by atoms with E-state index < -0.39 is 0 Å². The minimum atomic E-state index is 1.12. The van der Waals surface area contributed by atoms with Gasteiger partial charge in [-0.15, -0.1) is 18.2 Å². The summed E-state index contributed by atoms with van der Waals surface area (Å²) in [6, 6.07) is 0. The zero-order valence-electron chi connectivity index (χ0n) is 7.92. The molecule has 0 aliphatic rings. The summed E-state index contributed by atoms with van der Waals surface area (Å²) in [6.07, 6.45) is 6.81. The molecule has 0 bridgehead atoms. The van der Waals surface area contributed by atoms with Crippen LogP contribution in [0, 0.1) is 12.3 Å². The second kappa shape index (κ2) is 8.70. The first-order chi connectivity index (χ1) is 5.85. The van der Waals surface area contributed by atoms with Gasteiger partial charge in [-0.05, 0) is 24.6 Å². The summed E-state index contributed by atoms with van der Waals surface area (Å²) in [4.78, 5) is 2.40. The molecule has 0 aromatic rings. The van der Waals surface area contributed by atoms with Gasteiger partial charge in [0.05, 0.1) is 0 Å². The number of nitrogens with zero attached hydrogens (tertiary/aromatic N) is 1. The maximum atomic E-state index is 5.06. The summed E-state index contributed by atoms with van der Waals surface area (Å²) in [5.74, 6) is 3.59. The van der Waals surface area contributed by atoms with Gasteiger partial charge in [0.25, 0.3) is 0 Å². The van der Waals surface area contributed by atoms with Crippen molar-refractivity contribution in [1.29, 1.82) is 0 Å². The van der Waals surface area contributed by atoms with Gasteiger partial charge in [-0.3, -0.25) is 0 Å². The number of thioether (sulfide) groups is 1. The van der Waals surface area contributed by atoms with Crippen molar-refractivity contribution >= 4 is 11.8 Å². The summed E-state index contributed by atoms with van der Waals surface area (Å²) in [5, 5.41) is 1.98. The topological polar surface area (TPSA) is 3.24 Å². The van der Waals surface area contributed by atoms with E-state index in [-0.39, 0.29) is 0 Å². The molecule has 0 aromatic heterocycles. The van der Waals surface area contributed by atoms with E-state index in [1.54, 1.807) is 17.8 Å². The summed E-state index contributed by atoms with van der Waals surface area (Å²) in [5.41, 5.74) is 0. The fourth-order valence-corrected chi connectivity index (χ4v) is 1.55. The average Bonchev–Trinajstić information content (AvgIpc) is 2.11. The number of allylic oxidation sites excluding steroid dienone is 1. The highest BCUT2D eigenvalue weighted by molar-refractivity contribution is 8.02. The van der Waals surface area contributed by atoms with Crippen molar-refractivity contribution in [2.24, 2.45) is 0 Å². The van der Waals surface area contributed by atoms with Gasteiger partial charge >= 0.3 is 0 Å². The standard InChI is InChI=1S/C10H17NS/c1-4-7-9-12-10-8-11(5-2)6-3/h1,7,9H,5-6,8,10H2,2-3H3/b9-7-. The van der Waals surface area contributed by atoms with Crippen molar-refractivity contribution in [1.82, 2.24) is 4.90 Å². The number of terminal acetylenes is 1. The van der Waals surface area contributed by atoms with E-state index in [9.17, 15) is 0 Å². The molecule has 0 heterocycles. The summed E-state index contributed by atoms with van der Waals surface area (Å²) in [6.45, 7) is 7.79. The van der Waals surface area contributed by atoms with Crippen molar-refractivity contribution in [2.45, 2.75) is 13.8 Å². The quantitative estimate of drug-likeness (QED) is 0.459. The van der Waals surface area contributed by atoms with E-state index >= 15 is 0 Å². The van der Waals surface area contributed by atoms with Crippen LogP contribution < -0.4 is 0 Å². The Kier molecular flexibility index (Phi) is 8.42. The second-order valence-corrected chi connectivity index (χ2v) is 3.38. The van der Waals surface area contributed by atoms with Crippen molar-refractivity contribution in [2.75, 3.05) is 25.4 Å². The minimum absolute atomic E-state index is 1.12. The van der Waals surface area contributed by atoms with Gasteiger partial charge in [0.2, 0.25) is 0 Å². The van der Waals surface area contributed by atoms with E-state index in [2.05, 4.69) is 24.7 Å². The monoisotopic (exact) mass is 183 g/mol. The van der Waals surface area contributed by atoms with Gasteiger partial charge in [-0.25, -0.2) is 0 Å². The maximum Gasteiger partial charge on any atom is 0.0102 e. The first-order valence-electron chi connectivity index (χ1n) is 4.30. The Balaban J connectivity index is 3.30. The lowest BCUT2D eigenvalue weighted by molar-refractivity contribution is 0.324. The molecule has 0 rings (SSSR count). The van der Waals surface area contributed by atoms with Crippen LogP contribution >= 0.6 is 11.8 Å². The van der Waals surface area contributed by atoms with Crippen LogP contribution in [0.25, 0.3) is 0 Å². The third-order valence-electron chi connectivity index (χ3n) is 1.68. The third kappa shape index (κ3) is 6.33. The number of hydrogen-bond donors (Lipinski definition) is 0. The van der Waals surface area contributed by atoms with Gasteiger partial charge < -0.3 is 4.90 Å². The second-order valence-electron chi connectivity index (χ2n) is 2.37. The summed E-state index contributed by atoms with van der Waals surface area (Å²) in [7, 11) is 0. The Morgan fingerprint density at radius 1 is 1.42 bits per heavy atom. The minimum Gasteiger partial charge on any atom is -0.303 e. The lowest BCUT2D eigenvalue weighted by Gasteiger charge is -2.16. The van der Waals surface area contributed by atoms with E-state index in [1.165, 1.54) is 0 Å². The average molecular weight is 183 g/mol. The molecule has 0 amide bonds. The van der Waals surface area contributed by atoms with Crippen LogP contribution in [0.3, 0.4) is 0 Å². The molecule has 68 valence electrons. The summed E-state index contributed by atoms with van der Waals surface area (Å²) >= 11 is 1.77. The molecule has 0 radical (unpaired) electrons. The molecule has 0 aliphatic carbocycles. The smallest absolute Gasteiger partial charge is 0.0102 e. The summed E-state index contributed by atoms with van der Waals surface area (Å²) < 4.78 is 0. The van der Waals surface area contributed by atoms with Crippen molar-refractivity contribution in [3.63, 3.8) is 0 Å². The zero-order chi connectivity index (χ0) is 9.23. The largest absolute Gasteiger partial charge is 0.303 e. The molecule has 0 aliphatic heterocycles. The van der Waals surface area contributed by atoms with E-state index in [0.29, 0.717) is 0 Å². The predicted molar refractivity (Wildman–Crippen MR) is 58.2 cm³/mol. The number of rotatable bonds is 6. The van der Waals surface area contributed by atoms with Gasteiger partial charge in [0, 0.05) is 12.3 Å². The Morgan fingerprint density at radius 2 is 2.08 bits per heavy atom. The highest BCUT2D eigenvalue weighted by Crippen LogP contribution is 2.02. The van der Waals surface area contributed by atoms with Crippen LogP contribution in [0.2, 0.25) is 0 Å². The van der Waals surface area contributed by atoms with Crippen molar-refractivity contribution in [3.8, 4) is 12.3 Å². The molecule has 0 aromatic carbocycles. The Hall–Kier alpha value is -0.390. The fourth-order valence-electron chi connectivity index (χ4n) is 0.877. The highest BCUT2D eigenvalue weighted by Gasteiger charge is 1.95. The number of hydrogen-bond acceptors (Lipinski definition) is 2. The molecule has 0 atom stereocenters. The highest BCUT2D eigenvalue weighted by atomic mass is 32.2. The first kappa shape index (κ1) is 11.6. The molecule has 0 N–H and O–H groups in total. The van der Waals surface area contributed by atoms with Crippen LogP contribution in [-0.2, 0) is 0 Å². The van der Waals surface area contributed by atoms with Gasteiger partial charge in [0.1, 0.15) is 0 Å². The van der Waals surface area contributed by atoms with E-state index in [0.717, 1.165) is 25.4 Å². The maximum absolute atomic E-state index is 5.06. The molecule has 12 heavy (non-hydrogen) atoms. The molecule has 1 nitrogen and oxygen atoms in total. The van der Waals surface area contributed by atoms with Crippen LogP contribution in [0.5, 0.6) is 0 Å². The van der Waals surface area contributed by atoms with Gasteiger partial charge in [0.15, 0.2) is 0 Å². The lowest BCUT2D eigenvalue weighted by Crippen LogP contribution is -2.25. The third-order valence-corrected chi connectivity index (χ3v) is 2.43. The van der Waals surface area contributed by atoms with Crippen LogP contribution in [0.1, 0.15) is 13.8 Å².